The SMILES string of the molecule is CCC1CCC2CC(COC(=O)OCC3CCC4CC(CO)CCC4C3)CCC2C1. The number of aliphatic hydroxyl groups is 1. The average Bonchev–Trinajstić information content (AvgIpc) is 2.80. The van der Waals surface area contributed by atoms with Crippen molar-refractivity contribution in [2.75, 3.05) is 19.8 Å². The van der Waals surface area contributed by atoms with E-state index in [4.69, 9.17) is 9.47 Å². The van der Waals surface area contributed by atoms with E-state index in [1.165, 1.54) is 70.6 Å². The molecule has 0 amide bonds. The van der Waals surface area contributed by atoms with Crippen LogP contribution in [0.5, 0.6) is 0 Å². The summed E-state index contributed by atoms with van der Waals surface area (Å²) in [6, 6.07) is 0. The quantitative estimate of drug-likeness (QED) is 0.519. The summed E-state index contributed by atoms with van der Waals surface area (Å²) in [6.07, 6.45) is 16.0. The van der Waals surface area contributed by atoms with Gasteiger partial charge in [0.25, 0.3) is 0 Å². The molecule has 4 heteroatoms. The van der Waals surface area contributed by atoms with Crippen LogP contribution in [0.4, 0.5) is 4.79 Å². The molecule has 0 spiro atoms. The van der Waals surface area contributed by atoms with Crippen molar-refractivity contribution in [1.29, 1.82) is 0 Å². The summed E-state index contributed by atoms with van der Waals surface area (Å²) >= 11 is 0. The van der Waals surface area contributed by atoms with Gasteiger partial charge in [0.05, 0.1) is 13.2 Å². The second-order valence-electron chi connectivity index (χ2n) is 11.2. The zero-order valence-electron chi connectivity index (χ0n) is 19.1. The molecule has 0 radical (unpaired) electrons. The van der Waals surface area contributed by atoms with Crippen molar-refractivity contribution in [3.8, 4) is 0 Å². The van der Waals surface area contributed by atoms with Gasteiger partial charge in [-0.3, -0.25) is 0 Å². The fraction of sp³-hybridized carbons (Fsp3) is 0.962. The van der Waals surface area contributed by atoms with Gasteiger partial charge in [-0.1, -0.05) is 19.8 Å². The average molecular weight is 421 g/mol. The van der Waals surface area contributed by atoms with Crippen molar-refractivity contribution in [2.24, 2.45) is 47.3 Å². The van der Waals surface area contributed by atoms with Crippen LogP contribution in [0.25, 0.3) is 0 Å². The first-order valence-corrected chi connectivity index (χ1v) is 13.0. The molecule has 4 nitrogen and oxygen atoms in total. The number of carbonyl (C=O) groups excluding carboxylic acids is 1. The molecule has 8 unspecified atom stereocenters. The summed E-state index contributed by atoms with van der Waals surface area (Å²) in [5.41, 5.74) is 0. The van der Waals surface area contributed by atoms with Crippen LogP contribution in [-0.2, 0) is 9.47 Å². The lowest BCUT2D eigenvalue weighted by Gasteiger charge is -2.42. The Morgan fingerprint density at radius 3 is 1.53 bits per heavy atom. The van der Waals surface area contributed by atoms with E-state index in [9.17, 15) is 9.90 Å². The molecule has 4 fully saturated rings. The van der Waals surface area contributed by atoms with Crippen LogP contribution in [0.1, 0.15) is 90.4 Å². The Morgan fingerprint density at radius 1 is 0.667 bits per heavy atom. The number of hydrogen-bond acceptors (Lipinski definition) is 4. The Hall–Kier alpha value is -0.770. The van der Waals surface area contributed by atoms with Gasteiger partial charge >= 0.3 is 6.16 Å². The highest BCUT2D eigenvalue weighted by Gasteiger charge is 2.37. The lowest BCUT2D eigenvalue weighted by molar-refractivity contribution is 0.00300. The first kappa shape index (κ1) is 22.4. The van der Waals surface area contributed by atoms with Gasteiger partial charge < -0.3 is 14.6 Å². The van der Waals surface area contributed by atoms with E-state index >= 15 is 0 Å². The third-order valence-corrected chi connectivity index (χ3v) is 9.37. The minimum Gasteiger partial charge on any atom is -0.434 e. The van der Waals surface area contributed by atoms with E-state index in [0.29, 0.717) is 37.6 Å². The Kier molecular flexibility index (Phi) is 8.00. The summed E-state index contributed by atoms with van der Waals surface area (Å²) in [5.74, 6) is 5.84. The van der Waals surface area contributed by atoms with E-state index in [0.717, 1.165) is 42.4 Å². The third kappa shape index (κ3) is 5.72. The first-order valence-electron chi connectivity index (χ1n) is 13.0. The van der Waals surface area contributed by atoms with Gasteiger partial charge in [0, 0.05) is 6.61 Å². The zero-order valence-corrected chi connectivity index (χ0v) is 19.1. The van der Waals surface area contributed by atoms with Crippen molar-refractivity contribution in [1.82, 2.24) is 0 Å². The summed E-state index contributed by atoms with van der Waals surface area (Å²) < 4.78 is 11.1. The molecule has 4 saturated carbocycles. The third-order valence-electron chi connectivity index (χ3n) is 9.37. The zero-order chi connectivity index (χ0) is 20.9. The van der Waals surface area contributed by atoms with Crippen LogP contribution in [0.3, 0.4) is 0 Å². The molecule has 4 aliphatic rings. The maximum atomic E-state index is 12.2. The van der Waals surface area contributed by atoms with E-state index in [1.54, 1.807) is 0 Å². The fourth-order valence-electron chi connectivity index (χ4n) is 7.42. The van der Waals surface area contributed by atoms with Crippen LogP contribution in [0, 0.1) is 47.3 Å². The highest BCUT2D eigenvalue weighted by molar-refractivity contribution is 5.59. The molecule has 0 aromatic carbocycles. The molecule has 8 atom stereocenters. The standard InChI is InChI=1S/C26H44O4/c1-2-18-3-7-24-13-20(5-9-22(24)11-18)16-29-26(28)30-17-21-6-10-23-12-19(15-27)4-8-25(23)14-21/h18-25,27H,2-17H2,1H3. The van der Waals surface area contributed by atoms with Crippen molar-refractivity contribution in [2.45, 2.75) is 90.4 Å². The van der Waals surface area contributed by atoms with Crippen molar-refractivity contribution >= 4 is 6.16 Å². The number of aliphatic hydroxyl groups excluding tert-OH is 1. The predicted molar refractivity (Wildman–Crippen MR) is 118 cm³/mol. The van der Waals surface area contributed by atoms with Crippen LogP contribution in [-0.4, -0.2) is 31.1 Å². The van der Waals surface area contributed by atoms with Gasteiger partial charge in [-0.2, -0.15) is 0 Å². The van der Waals surface area contributed by atoms with E-state index in [-0.39, 0.29) is 0 Å². The van der Waals surface area contributed by atoms with Gasteiger partial charge in [0.1, 0.15) is 0 Å². The molecule has 0 saturated heterocycles. The van der Waals surface area contributed by atoms with Crippen LogP contribution < -0.4 is 0 Å². The Balaban J connectivity index is 1.11. The second kappa shape index (κ2) is 10.7. The van der Waals surface area contributed by atoms with Crippen molar-refractivity contribution < 1.29 is 19.4 Å². The summed E-state index contributed by atoms with van der Waals surface area (Å²) in [7, 11) is 0. The molecular weight excluding hydrogens is 376 g/mol. The number of carbonyl (C=O) groups is 1. The molecule has 0 heterocycles. The molecule has 1 N–H and O–H groups in total. The normalized spacial score (nSPS) is 41.4. The molecule has 4 aliphatic carbocycles. The number of rotatable bonds is 6. The maximum Gasteiger partial charge on any atom is 0.508 e. The lowest BCUT2D eigenvalue weighted by atomic mass is 9.64. The summed E-state index contributed by atoms with van der Waals surface area (Å²) in [4.78, 5) is 12.2. The van der Waals surface area contributed by atoms with Gasteiger partial charge in [-0.25, -0.2) is 4.79 Å². The molecular formula is C26H44O4. The minimum atomic E-state index is -0.446. The molecule has 0 bridgehead atoms. The molecule has 0 aromatic heterocycles. The first-order chi connectivity index (χ1) is 14.6. The highest BCUT2D eigenvalue weighted by Crippen LogP contribution is 2.46. The molecule has 30 heavy (non-hydrogen) atoms. The number of ether oxygens (including phenoxy) is 2. The minimum absolute atomic E-state index is 0.350. The van der Waals surface area contributed by atoms with Gasteiger partial charge in [0.15, 0.2) is 0 Å². The Bertz CT molecular complexity index is 503. The molecule has 4 rings (SSSR count). The second-order valence-corrected chi connectivity index (χ2v) is 11.2. The monoisotopic (exact) mass is 420 g/mol. The van der Waals surface area contributed by atoms with Gasteiger partial charge in [-0.05, 0) is 118 Å². The van der Waals surface area contributed by atoms with Crippen LogP contribution >= 0.6 is 0 Å². The van der Waals surface area contributed by atoms with Crippen molar-refractivity contribution in [3.63, 3.8) is 0 Å². The number of hydrogen-bond donors (Lipinski definition) is 1. The smallest absolute Gasteiger partial charge is 0.434 e. The van der Waals surface area contributed by atoms with Gasteiger partial charge in [0.2, 0.25) is 0 Å². The fourth-order valence-corrected chi connectivity index (χ4v) is 7.42. The Morgan fingerprint density at radius 2 is 1.07 bits per heavy atom. The highest BCUT2D eigenvalue weighted by atomic mass is 16.7. The summed E-state index contributed by atoms with van der Waals surface area (Å²) in [5, 5.41) is 9.43. The molecule has 172 valence electrons. The molecule has 0 aromatic rings. The molecule has 0 aliphatic heterocycles. The van der Waals surface area contributed by atoms with Crippen molar-refractivity contribution in [3.05, 3.63) is 0 Å². The summed E-state index contributed by atoms with van der Waals surface area (Å²) in [6.45, 7) is 3.77. The van der Waals surface area contributed by atoms with E-state index in [2.05, 4.69) is 6.92 Å². The van der Waals surface area contributed by atoms with Crippen LogP contribution in [0.15, 0.2) is 0 Å². The topological polar surface area (TPSA) is 55.8 Å². The Labute approximate surface area is 183 Å². The lowest BCUT2D eigenvalue weighted by Crippen LogP contribution is -2.34. The van der Waals surface area contributed by atoms with E-state index in [1.807, 2.05) is 0 Å². The van der Waals surface area contributed by atoms with E-state index < -0.39 is 6.16 Å². The van der Waals surface area contributed by atoms with Crippen LogP contribution in [0.2, 0.25) is 0 Å². The van der Waals surface area contributed by atoms with Gasteiger partial charge in [-0.15, -0.1) is 0 Å². The largest absolute Gasteiger partial charge is 0.508 e. The maximum absolute atomic E-state index is 12.2. The number of fused-ring (bicyclic) bond motifs is 2. The predicted octanol–water partition coefficient (Wildman–Crippen LogP) is 6.21.